The Hall–Kier alpha value is -1.59. The van der Waals surface area contributed by atoms with Crippen LogP contribution in [0.15, 0.2) is 24.3 Å². The second kappa shape index (κ2) is 9.34. The van der Waals surface area contributed by atoms with Gasteiger partial charge in [0.2, 0.25) is 0 Å². The summed E-state index contributed by atoms with van der Waals surface area (Å²) < 4.78 is 10.8. The molecule has 0 aliphatic rings. The van der Waals surface area contributed by atoms with E-state index in [0.717, 1.165) is 12.0 Å². The van der Waals surface area contributed by atoms with E-state index in [0.29, 0.717) is 25.4 Å². The van der Waals surface area contributed by atoms with Gasteiger partial charge in [0.1, 0.15) is 5.75 Å². The van der Waals surface area contributed by atoms with Crippen LogP contribution in [0.4, 0.5) is 0 Å². The number of nitrogens with two attached hydrogens (primary N) is 1. The summed E-state index contributed by atoms with van der Waals surface area (Å²) in [5.74, 6) is 0.527. The van der Waals surface area contributed by atoms with E-state index in [1.54, 1.807) is 0 Å². The smallest absolute Gasteiger partial charge is 0.257 e. The zero-order chi connectivity index (χ0) is 14.8. The largest absolute Gasteiger partial charge is 0.484 e. The molecular weight excluding hydrogens is 256 g/mol. The van der Waals surface area contributed by atoms with Gasteiger partial charge in [0.15, 0.2) is 6.61 Å². The molecule has 5 heteroatoms. The lowest BCUT2D eigenvalue weighted by molar-refractivity contribution is -0.123. The molecule has 0 bridgehead atoms. The van der Waals surface area contributed by atoms with Crippen LogP contribution in [0.3, 0.4) is 0 Å². The predicted octanol–water partition coefficient (Wildman–Crippen LogP) is 1.46. The quantitative estimate of drug-likeness (QED) is 0.672. The molecule has 0 aromatic heterocycles. The number of hydrogen-bond donors (Lipinski definition) is 2. The molecule has 0 saturated carbocycles. The van der Waals surface area contributed by atoms with Crippen LogP contribution in [0.25, 0.3) is 0 Å². The lowest BCUT2D eigenvalue weighted by Crippen LogP contribution is -2.30. The van der Waals surface area contributed by atoms with Gasteiger partial charge in [-0.2, -0.15) is 0 Å². The minimum atomic E-state index is -0.132. The first kappa shape index (κ1) is 16.5. The summed E-state index contributed by atoms with van der Waals surface area (Å²) in [4.78, 5) is 11.6. The molecule has 1 amide bonds. The number of carbonyl (C=O) groups is 1. The monoisotopic (exact) mass is 280 g/mol. The molecule has 0 saturated heterocycles. The Bertz CT molecular complexity index is 408. The zero-order valence-corrected chi connectivity index (χ0v) is 12.2. The summed E-state index contributed by atoms with van der Waals surface area (Å²) in [6.07, 6.45) is 1.02. The highest BCUT2D eigenvalue weighted by atomic mass is 16.5. The number of ether oxygens (including phenoxy) is 2. The van der Waals surface area contributed by atoms with Crippen LogP contribution < -0.4 is 15.8 Å². The molecule has 0 heterocycles. The first-order chi connectivity index (χ1) is 9.61. The van der Waals surface area contributed by atoms with E-state index in [2.05, 4.69) is 5.32 Å². The maximum absolute atomic E-state index is 11.6. The number of nitrogens with one attached hydrogen (secondary N) is 1. The van der Waals surface area contributed by atoms with Gasteiger partial charge in [-0.3, -0.25) is 4.79 Å². The van der Waals surface area contributed by atoms with Crippen molar-refractivity contribution in [2.75, 3.05) is 19.8 Å². The van der Waals surface area contributed by atoms with Crippen molar-refractivity contribution in [2.24, 2.45) is 5.73 Å². The average Bonchev–Trinajstić information content (AvgIpc) is 2.44. The SMILES string of the molecule is CC(C)OCCCNC(=O)COc1cccc(CN)c1. The molecule has 112 valence electrons. The van der Waals surface area contributed by atoms with Crippen LogP contribution in [0.1, 0.15) is 25.8 Å². The highest BCUT2D eigenvalue weighted by Crippen LogP contribution is 2.12. The lowest BCUT2D eigenvalue weighted by Gasteiger charge is -2.09. The van der Waals surface area contributed by atoms with Crippen molar-refractivity contribution in [3.05, 3.63) is 29.8 Å². The molecule has 1 aromatic rings. The van der Waals surface area contributed by atoms with E-state index in [1.165, 1.54) is 0 Å². The third kappa shape index (κ3) is 7.11. The van der Waals surface area contributed by atoms with Crippen LogP contribution in [-0.4, -0.2) is 31.8 Å². The number of rotatable bonds is 9. The topological polar surface area (TPSA) is 73.6 Å². The second-order valence-electron chi connectivity index (χ2n) is 4.76. The van der Waals surface area contributed by atoms with Gasteiger partial charge in [0.25, 0.3) is 5.91 Å². The molecule has 0 spiro atoms. The van der Waals surface area contributed by atoms with Crippen molar-refractivity contribution in [1.29, 1.82) is 0 Å². The fourth-order valence-electron chi connectivity index (χ4n) is 1.58. The Kier molecular flexibility index (Phi) is 7.69. The van der Waals surface area contributed by atoms with Crippen molar-refractivity contribution < 1.29 is 14.3 Å². The molecule has 20 heavy (non-hydrogen) atoms. The van der Waals surface area contributed by atoms with Gasteiger partial charge in [0, 0.05) is 19.7 Å². The van der Waals surface area contributed by atoms with Crippen LogP contribution in [-0.2, 0) is 16.1 Å². The van der Waals surface area contributed by atoms with Gasteiger partial charge >= 0.3 is 0 Å². The highest BCUT2D eigenvalue weighted by Gasteiger charge is 2.03. The molecule has 5 nitrogen and oxygen atoms in total. The molecule has 0 aliphatic heterocycles. The number of amides is 1. The summed E-state index contributed by atoms with van der Waals surface area (Å²) >= 11 is 0. The Morgan fingerprint density at radius 1 is 1.40 bits per heavy atom. The Labute approximate surface area is 120 Å². The molecule has 1 aromatic carbocycles. The van der Waals surface area contributed by atoms with E-state index < -0.39 is 0 Å². The van der Waals surface area contributed by atoms with E-state index >= 15 is 0 Å². The Morgan fingerprint density at radius 3 is 2.90 bits per heavy atom. The summed E-state index contributed by atoms with van der Waals surface area (Å²) in [5.41, 5.74) is 6.52. The number of carbonyl (C=O) groups excluding carboxylic acids is 1. The minimum Gasteiger partial charge on any atom is -0.484 e. The fourth-order valence-corrected chi connectivity index (χ4v) is 1.58. The van der Waals surface area contributed by atoms with Crippen LogP contribution in [0, 0.1) is 0 Å². The van der Waals surface area contributed by atoms with Crippen molar-refractivity contribution in [1.82, 2.24) is 5.32 Å². The van der Waals surface area contributed by atoms with Crippen molar-refractivity contribution in [3.8, 4) is 5.75 Å². The third-order valence-electron chi connectivity index (χ3n) is 2.60. The summed E-state index contributed by atoms with van der Waals surface area (Å²) in [6.45, 7) is 5.69. The summed E-state index contributed by atoms with van der Waals surface area (Å²) in [6, 6.07) is 7.42. The fraction of sp³-hybridized carbons (Fsp3) is 0.533. The maximum atomic E-state index is 11.6. The third-order valence-corrected chi connectivity index (χ3v) is 2.60. The van der Waals surface area contributed by atoms with Crippen LogP contribution in [0.5, 0.6) is 5.75 Å². The van der Waals surface area contributed by atoms with E-state index in [4.69, 9.17) is 15.2 Å². The molecule has 0 atom stereocenters. The second-order valence-corrected chi connectivity index (χ2v) is 4.76. The first-order valence-electron chi connectivity index (χ1n) is 6.92. The minimum absolute atomic E-state index is 0.0130. The molecular formula is C15H24N2O3. The molecule has 0 fully saturated rings. The van der Waals surface area contributed by atoms with Crippen molar-refractivity contribution >= 4 is 5.91 Å². The van der Waals surface area contributed by atoms with Gasteiger partial charge in [-0.05, 0) is 38.0 Å². The van der Waals surface area contributed by atoms with Gasteiger partial charge in [-0.15, -0.1) is 0 Å². The molecule has 1 rings (SSSR count). The van der Waals surface area contributed by atoms with Crippen LogP contribution in [0.2, 0.25) is 0 Å². The van der Waals surface area contributed by atoms with Gasteiger partial charge in [0.05, 0.1) is 6.10 Å². The van der Waals surface area contributed by atoms with Crippen molar-refractivity contribution in [3.63, 3.8) is 0 Å². The normalized spacial score (nSPS) is 10.6. The Balaban J connectivity index is 2.16. The van der Waals surface area contributed by atoms with Gasteiger partial charge in [-0.25, -0.2) is 0 Å². The molecule has 0 radical (unpaired) electrons. The van der Waals surface area contributed by atoms with E-state index in [1.807, 2.05) is 38.1 Å². The number of hydrogen-bond acceptors (Lipinski definition) is 4. The molecule has 3 N–H and O–H groups in total. The molecule has 0 unspecified atom stereocenters. The van der Waals surface area contributed by atoms with E-state index in [-0.39, 0.29) is 18.6 Å². The summed E-state index contributed by atoms with van der Waals surface area (Å²) in [5, 5.41) is 2.79. The summed E-state index contributed by atoms with van der Waals surface area (Å²) in [7, 11) is 0. The maximum Gasteiger partial charge on any atom is 0.257 e. The first-order valence-corrected chi connectivity index (χ1v) is 6.92. The standard InChI is InChI=1S/C15H24N2O3/c1-12(2)19-8-4-7-17-15(18)11-20-14-6-3-5-13(9-14)10-16/h3,5-6,9,12H,4,7-8,10-11,16H2,1-2H3,(H,17,18). The lowest BCUT2D eigenvalue weighted by atomic mass is 10.2. The van der Waals surface area contributed by atoms with E-state index in [9.17, 15) is 4.79 Å². The Morgan fingerprint density at radius 2 is 2.20 bits per heavy atom. The van der Waals surface area contributed by atoms with Gasteiger partial charge < -0.3 is 20.5 Å². The zero-order valence-electron chi connectivity index (χ0n) is 12.2. The van der Waals surface area contributed by atoms with Crippen LogP contribution >= 0.6 is 0 Å². The van der Waals surface area contributed by atoms with Crippen molar-refractivity contribution in [2.45, 2.75) is 32.9 Å². The average molecular weight is 280 g/mol. The molecule has 0 aliphatic carbocycles. The highest BCUT2D eigenvalue weighted by molar-refractivity contribution is 5.77. The van der Waals surface area contributed by atoms with Gasteiger partial charge in [-0.1, -0.05) is 12.1 Å². The number of benzene rings is 1. The predicted molar refractivity (Wildman–Crippen MR) is 78.5 cm³/mol.